The van der Waals surface area contributed by atoms with Crippen molar-refractivity contribution in [2.45, 2.75) is 45.6 Å². The van der Waals surface area contributed by atoms with Crippen LogP contribution in [0, 0.1) is 6.92 Å². The van der Waals surface area contributed by atoms with Crippen molar-refractivity contribution in [1.29, 1.82) is 0 Å². The van der Waals surface area contributed by atoms with E-state index >= 15 is 0 Å². The van der Waals surface area contributed by atoms with Crippen molar-refractivity contribution in [1.82, 2.24) is 20.5 Å². The molecule has 3 heterocycles. The molecule has 5 rings (SSSR count). The summed E-state index contributed by atoms with van der Waals surface area (Å²) in [5, 5.41) is 15.0. The number of benzene rings is 2. The average molecular weight is 470 g/mol. The van der Waals surface area contributed by atoms with Crippen LogP contribution in [0.2, 0.25) is 0 Å². The van der Waals surface area contributed by atoms with Gasteiger partial charge in [0, 0.05) is 36.8 Å². The van der Waals surface area contributed by atoms with Crippen LogP contribution in [0.15, 0.2) is 54.7 Å². The third-order valence-corrected chi connectivity index (χ3v) is 6.53. The number of nitrogens with one attached hydrogen (secondary N) is 3. The Balaban J connectivity index is 1.35. The summed E-state index contributed by atoms with van der Waals surface area (Å²) in [4.78, 5) is 17.5. The lowest BCUT2D eigenvalue weighted by molar-refractivity contribution is 0.0992. The van der Waals surface area contributed by atoms with Crippen LogP contribution in [0.1, 0.15) is 53.2 Å². The number of carbonyl (C=O) groups is 1. The van der Waals surface area contributed by atoms with Gasteiger partial charge in [-0.05, 0) is 54.6 Å². The van der Waals surface area contributed by atoms with Gasteiger partial charge in [0.15, 0.2) is 17.2 Å². The Morgan fingerprint density at radius 2 is 2.09 bits per heavy atom. The summed E-state index contributed by atoms with van der Waals surface area (Å²) in [6.07, 6.45) is 3.08. The summed E-state index contributed by atoms with van der Waals surface area (Å²) in [6, 6.07) is 15.8. The van der Waals surface area contributed by atoms with Gasteiger partial charge in [0.25, 0.3) is 0 Å². The fourth-order valence-electron chi connectivity index (χ4n) is 4.73. The zero-order valence-electron chi connectivity index (χ0n) is 20.4. The first-order valence-corrected chi connectivity index (χ1v) is 12.2. The minimum Gasteiger partial charge on any atom is -0.456 e. The molecule has 1 aliphatic heterocycles. The first-order valence-electron chi connectivity index (χ1n) is 12.2. The molecule has 0 bridgehead atoms. The molecule has 1 aliphatic rings. The SMILES string of the molecule is Cc1cc(CC(=O)c2cccc(Oc3ccnc4[nH]nc(N[C@@H]5CCNC5)c34)c2)ccc1C(C)C. The van der Waals surface area contributed by atoms with Gasteiger partial charge in [0.2, 0.25) is 0 Å². The molecular weight excluding hydrogens is 438 g/mol. The number of aryl methyl sites for hydroxylation is 1. The number of carbonyl (C=O) groups excluding carboxylic acids is 1. The smallest absolute Gasteiger partial charge is 0.167 e. The minimum atomic E-state index is 0.0615. The number of ether oxygens (including phenoxy) is 1. The second-order valence-electron chi connectivity index (χ2n) is 9.51. The molecule has 0 aliphatic carbocycles. The topological polar surface area (TPSA) is 91.9 Å². The molecule has 180 valence electrons. The molecular formula is C28H31N5O2. The summed E-state index contributed by atoms with van der Waals surface area (Å²) < 4.78 is 6.25. The number of aromatic nitrogens is 3. The molecule has 1 fully saturated rings. The van der Waals surface area contributed by atoms with Crippen LogP contribution in [0.5, 0.6) is 11.5 Å². The lowest BCUT2D eigenvalue weighted by Crippen LogP contribution is -2.22. The first-order chi connectivity index (χ1) is 17.0. The largest absolute Gasteiger partial charge is 0.456 e. The Morgan fingerprint density at radius 3 is 2.86 bits per heavy atom. The Labute approximate surface area is 205 Å². The summed E-state index contributed by atoms with van der Waals surface area (Å²) >= 11 is 0. The van der Waals surface area contributed by atoms with Crippen molar-refractivity contribution in [3.05, 3.63) is 77.0 Å². The molecule has 2 aromatic heterocycles. The highest BCUT2D eigenvalue weighted by Gasteiger charge is 2.19. The molecule has 7 heteroatoms. The average Bonchev–Trinajstić information content (AvgIpc) is 3.50. The number of aromatic amines is 1. The number of hydrogen-bond donors (Lipinski definition) is 3. The third-order valence-electron chi connectivity index (χ3n) is 6.53. The Kier molecular flexibility index (Phi) is 6.51. The van der Waals surface area contributed by atoms with Crippen LogP contribution in [-0.4, -0.2) is 40.1 Å². The van der Waals surface area contributed by atoms with E-state index in [1.54, 1.807) is 12.3 Å². The van der Waals surface area contributed by atoms with Gasteiger partial charge < -0.3 is 15.4 Å². The molecule has 1 atom stereocenters. The summed E-state index contributed by atoms with van der Waals surface area (Å²) in [7, 11) is 0. The molecule has 0 unspecified atom stereocenters. The minimum absolute atomic E-state index is 0.0615. The highest BCUT2D eigenvalue weighted by molar-refractivity contribution is 5.98. The predicted molar refractivity (Wildman–Crippen MR) is 139 cm³/mol. The van der Waals surface area contributed by atoms with E-state index < -0.39 is 0 Å². The standard InChI is InChI=1S/C28H31N5O2/c1-17(2)23-8-7-19(13-18(23)3)14-24(34)20-5-4-6-22(15-20)35-25-10-12-30-27-26(25)28(33-32-27)31-21-9-11-29-16-21/h4-8,10,12-13,15,17,21,29H,9,11,14,16H2,1-3H3,(H2,30,31,32,33)/t21-/m1/s1. The van der Waals surface area contributed by atoms with Gasteiger partial charge in [-0.25, -0.2) is 4.98 Å². The molecule has 1 saturated heterocycles. The van der Waals surface area contributed by atoms with Crippen molar-refractivity contribution in [3.63, 3.8) is 0 Å². The maximum atomic E-state index is 13.1. The van der Waals surface area contributed by atoms with E-state index in [-0.39, 0.29) is 5.78 Å². The molecule has 0 saturated carbocycles. The van der Waals surface area contributed by atoms with Gasteiger partial charge in [-0.15, -0.1) is 0 Å². The predicted octanol–water partition coefficient (Wildman–Crippen LogP) is 5.38. The van der Waals surface area contributed by atoms with E-state index in [1.807, 2.05) is 24.3 Å². The van der Waals surface area contributed by atoms with Gasteiger partial charge in [-0.1, -0.05) is 44.2 Å². The van der Waals surface area contributed by atoms with E-state index in [2.05, 4.69) is 64.8 Å². The normalized spacial score (nSPS) is 15.6. The van der Waals surface area contributed by atoms with E-state index in [1.165, 1.54) is 11.1 Å². The van der Waals surface area contributed by atoms with Crippen LogP contribution >= 0.6 is 0 Å². The van der Waals surface area contributed by atoms with Gasteiger partial charge in [0.1, 0.15) is 16.9 Å². The highest BCUT2D eigenvalue weighted by atomic mass is 16.5. The molecule has 0 amide bonds. The summed E-state index contributed by atoms with van der Waals surface area (Å²) in [6.45, 7) is 8.36. The van der Waals surface area contributed by atoms with Crippen molar-refractivity contribution >= 4 is 22.6 Å². The number of rotatable bonds is 8. The van der Waals surface area contributed by atoms with Gasteiger partial charge in [-0.2, -0.15) is 5.10 Å². The fraction of sp³-hybridized carbons (Fsp3) is 0.321. The number of pyridine rings is 1. The van der Waals surface area contributed by atoms with Crippen LogP contribution < -0.4 is 15.4 Å². The monoisotopic (exact) mass is 469 g/mol. The van der Waals surface area contributed by atoms with E-state index in [0.717, 1.165) is 36.3 Å². The van der Waals surface area contributed by atoms with Crippen LogP contribution in [0.4, 0.5) is 5.82 Å². The zero-order chi connectivity index (χ0) is 24.4. The van der Waals surface area contributed by atoms with Crippen molar-refractivity contribution in [2.24, 2.45) is 0 Å². The number of ketones is 1. The van der Waals surface area contributed by atoms with Gasteiger partial charge in [-0.3, -0.25) is 9.89 Å². The number of anilines is 1. The quantitative estimate of drug-likeness (QED) is 0.300. The number of nitrogens with zero attached hydrogens (tertiary/aromatic N) is 2. The molecule has 0 radical (unpaired) electrons. The van der Waals surface area contributed by atoms with E-state index in [9.17, 15) is 4.79 Å². The van der Waals surface area contributed by atoms with E-state index in [4.69, 9.17) is 4.74 Å². The number of Topliss-reactive ketones (excluding diaryl/α,β-unsaturated/α-hetero) is 1. The number of H-pyrrole nitrogens is 1. The van der Waals surface area contributed by atoms with Crippen LogP contribution in [-0.2, 0) is 6.42 Å². The maximum Gasteiger partial charge on any atom is 0.167 e. The summed E-state index contributed by atoms with van der Waals surface area (Å²) in [5.74, 6) is 2.50. The summed E-state index contributed by atoms with van der Waals surface area (Å²) in [5.41, 5.74) is 4.85. The second kappa shape index (κ2) is 9.88. The third kappa shape index (κ3) is 5.05. The zero-order valence-corrected chi connectivity index (χ0v) is 20.4. The Morgan fingerprint density at radius 1 is 1.20 bits per heavy atom. The number of fused-ring (bicyclic) bond motifs is 1. The highest BCUT2D eigenvalue weighted by Crippen LogP contribution is 2.33. The molecule has 7 nitrogen and oxygen atoms in total. The van der Waals surface area contributed by atoms with Crippen molar-refractivity contribution < 1.29 is 9.53 Å². The Hall–Kier alpha value is -3.71. The second-order valence-corrected chi connectivity index (χ2v) is 9.51. The van der Waals surface area contributed by atoms with Crippen molar-refractivity contribution in [3.8, 4) is 11.5 Å². The van der Waals surface area contributed by atoms with E-state index in [0.29, 0.717) is 41.1 Å². The van der Waals surface area contributed by atoms with Crippen molar-refractivity contribution in [2.75, 3.05) is 18.4 Å². The molecule has 35 heavy (non-hydrogen) atoms. The van der Waals surface area contributed by atoms with Gasteiger partial charge >= 0.3 is 0 Å². The number of hydrogen-bond acceptors (Lipinski definition) is 6. The van der Waals surface area contributed by atoms with Crippen LogP contribution in [0.25, 0.3) is 11.0 Å². The fourth-order valence-corrected chi connectivity index (χ4v) is 4.73. The molecule has 0 spiro atoms. The van der Waals surface area contributed by atoms with Gasteiger partial charge in [0.05, 0.1) is 0 Å². The van der Waals surface area contributed by atoms with Crippen LogP contribution in [0.3, 0.4) is 0 Å². The maximum absolute atomic E-state index is 13.1. The lowest BCUT2D eigenvalue weighted by atomic mass is 9.94. The Bertz CT molecular complexity index is 1350. The lowest BCUT2D eigenvalue weighted by Gasteiger charge is -2.13. The molecule has 3 N–H and O–H groups in total. The first kappa shape index (κ1) is 23.1. The molecule has 2 aromatic carbocycles. The molecule has 4 aromatic rings.